The zero-order valence-corrected chi connectivity index (χ0v) is 15.9. The van der Waals surface area contributed by atoms with Gasteiger partial charge in [0.2, 0.25) is 0 Å². The standard InChI is InChI=1S/C20H24N2O5/c1-5-14-7-9-15(10-8-14)13(3)21-20(23)16-11-18(26-4)19(27-6-2)12-17(16)22(24)25/h7-13H,5-6H2,1-4H3,(H,21,23). The molecule has 0 heterocycles. The van der Waals surface area contributed by atoms with E-state index in [-0.39, 0.29) is 28.8 Å². The molecule has 2 rings (SSSR count). The van der Waals surface area contributed by atoms with Crippen LogP contribution in [0.5, 0.6) is 11.5 Å². The van der Waals surface area contributed by atoms with E-state index in [4.69, 9.17) is 9.47 Å². The molecule has 0 saturated carbocycles. The number of ether oxygens (including phenoxy) is 2. The Hall–Kier alpha value is -3.09. The molecule has 0 fully saturated rings. The third-order valence-corrected chi connectivity index (χ3v) is 4.26. The maximum atomic E-state index is 12.7. The minimum absolute atomic E-state index is 0.0719. The summed E-state index contributed by atoms with van der Waals surface area (Å²) in [6.45, 7) is 5.98. The SMILES string of the molecule is CCOc1cc([N+](=O)[O-])c(C(=O)NC(C)c2ccc(CC)cc2)cc1OC. The third kappa shape index (κ3) is 4.75. The molecule has 0 aliphatic carbocycles. The van der Waals surface area contributed by atoms with Gasteiger partial charge >= 0.3 is 0 Å². The largest absolute Gasteiger partial charge is 0.493 e. The van der Waals surface area contributed by atoms with Gasteiger partial charge in [-0.3, -0.25) is 14.9 Å². The fourth-order valence-corrected chi connectivity index (χ4v) is 2.71. The molecule has 0 radical (unpaired) electrons. The predicted molar refractivity (Wildman–Crippen MR) is 103 cm³/mol. The number of nitro benzene ring substituents is 1. The van der Waals surface area contributed by atoms with Gasteiger partial charge in [0.1, 0.15) is 5.56 Å². The van der Waals surface area contributed by atoms with Gasteiger partial charge in [0.25, 0.3) is 11.6 Å². The van der Waals surface area contributed by atoms with Crippen LogP contribution in [0, 0.1) is 10.1 Å². The van der Waals surface area contributed by atoms with Gasteiger partial charge < -0.3 is 14.8 Å². The van der Waals surface area contributed by atoms with E-state index in [0.29, 0.717) is 6.61 Å². The molecule has 1 unspecified atom stereocenters. The number of carbonyl (C=O) groups excluding carboxylic acids is 1. The van der Waals surface area contributed by atoms with E-state index in [1.54, 1.807) is 6.92 Å². The number of hydrogen-bond donors (Lipinski definition) is 1. The first-order valence-corrected chi connectivity index (χ1v) is 8.80. The second-order valence-corrected chi connectivity index (χ2v) is 6.00. The second-order valence-electron chi connectivity index (χ2n) is 6.00. The monoisotopic (exact) mass is 372 g/mol. The predicted octanol–water partition coefficient (Wildman–Crippen LogP) is 4.06. The van der Waals surface area contributed by atoms with Crippen molar-refractivity contribution in [2.75, 3.05) is 13.7 Å². The van der Waals surface area contributed by atoms with Crippen molar-refractivity contribution in [3.8, 4) is 11.5 Å². The van der Waals surface area contributed by atoms with Crippen LogP contribution < -0.4 is 14.8 Å². The van der Waals surface area contributed by atoms with E-state index in [2.05, 4.69) is 12.2 Å². The van der Waals surface area contributed by atoms with E-state index >= 15 is 0 Å². The lowest BCUT2D eigenvalue weighted by atomic mass is 10.0. The van der Waals surface area contributed by atoms with Crippen molar-refractivity contribution in [1.82, 2.24) is 5.32 Å². The van der Waals surface area contributed by atoms with Crippen LogP contribution in [-0.4, -0.2) is 24.5 Å². The first kappa shape index (κ1) is 20.2. The first-order valence-electron chi connectivity index (χ1n) is 8.80. The average molecular weight is 372 g/mol. The van der Waals surface area contributed by atoms with Crippen LogP contribution >= 0.6 is 0 Å². The van der Waals surface area contributed by atoms with E-state index in [9.17, 15) is 14.9 Å². The Morgan fingerprint density at radius 1 is 1.19 bits per heavy atom. The second kappa shape index (κ2) is 9.02. The minimum atomic E-state index is -0.600. The van der Waals surface area contributed by atoms with Crippen LogP contribution in [0.15, 0.2) is 36.4 Å². The number of methoxy groups -OCH3 is 1. The van der Waals surface area contributed by atoms with Gasteiger partial charge in [-0.25, -0.2) is 0 Å². The van der Waals surface area contributed by atoms with Gasteiger partial charge in [-0.05, 0) is 31.4 Å². The molecule has 144 valence electrons. The Morgan fingerprint density at radius 3 is 2.37 bits per heavy atom. The van der Waals surface area contributed by atoms with Gasteiger partial charge in [-0.15, -0.1) is 0 Å². The van der Waals surface area contributed by atoms with Crippen LogP contribution in [0.3, 0.4) is 0 Å². The summed E-state index contributed by atoms with van der Waals surface area (Å²) in [5, 5.41) is 14.2. The summed E-state index contributed by atoms with van der Waals surface area (Å²) >= 11 is 0. The summed E-state index contributed by atoms with van der Waals surface area (Å²) in [6.07, 6.45) is 0.930. The molecule has 1 atom stereocenters. The third-order valence-electron chi connectivity index (χ3n) is 4.26. The molecule has 27 heavy (non-hydrogen) atoms. The number of nitrogens with zero attached hydrogens (tertiary/aromatic N) is 1. The highest BCUT2D eigenvalue weighted by Crippen LogP contribution is 2.35. The lowest BCUT2D eigenvalue weighted by molar-refractivity contribution is -0.385. The summed E-state index contributed by atoms with van der Waals surface area (Å²) in [5.74, 6) is -0.0471. The Labute approximate surface area is 158 Å². The molecular formula is C20H24N2O5. The number of hydrogen-bond acceptors (Lipinski definition) is 5. The highest BCUT2D eigenvalue weighted by atomic mass is 16.6. The van der Waals surface area contributed by atoms with Crippen molar-refractivity contribution in [2.45, 2.75) is 33.2 Å². The van der Waals surface area contributed by atoms with Gasteiger partial charge in [-0.1, -0.05) is 31.2 Å². The molecule has 1 amide bonds. The van der Waals surface area contributed by atoms with Crippen LogP contribution in [0.25, 0.3) is 0 Å². The Kier molecular flexibility index (Phi) is 6.76. The first-order chi connectivity index (χ1) is 12.9. The van der Waals surface area contributed by atoms with Crippen molar-refractivity contribution in [3.63, 3.8) is 0 Å². The molecule has 0 aromatic heterocycles. The fourth-order valence-electron chi connectivity index (χ4n) is 2.71. The van der Waals surface area contributed by atoms with Gasteiger partial charge in [0, 0.05) is 6.07 Å². The number of aryl methyl sites for hydroxylation is 1. The zero-order chi connectivity index (χ0) is 20.0. The molecule has 0 spiro atoms. The zero-order valence-electron chi connectivity index (χ0n) is 15.9. The number of nitro groups is 1. The van der Waals surface area contributed by atoms with Crippen LogP contribution in [0.2, 0.25) is 0 Å². The molecule has 0 aliphatic rings. The molecule has 0 saturated heterocycles. The Morgan fingerprint density at radius 2 is 1.85 bits per heavy atom. The number of carbonyl (C=O) groups is 1. The van der Waals surface area contributed by atoms with E-state index in [0.717, 1.165) is 12.0 Å². The fraction of sp³-hybridized carbons (Fsp3) is 0.350. The summed E-state index contributed by atoms with van der Waals surface area (Å²) in [4.78, 5) is 23.5. The number of amides is 1. The van der Waals surface area contributed by atoms with E-state index in [1.165, 1.54) is 24.8 Å². The summed E-state index contributed by atoms with van der Waals surface area (Å²) in [6, 6.07) is 10.1. The smallest absolute Gasteiger partial charge is 0.286 e. The molecule has 1 N–H and O–H groups in total. The maximum absolute atomic E-state index is 12.7. The summed E-state index contributed by atoms with van der Waals surface area (Å²) < 4.78 is 10.6. The van der Waals surface area contributed by atoms with E-state index < -0.39 is 10.8 Å². The Balaban J connectivity index is 2.31. The molecule has 2 aromatic carbocycles. The number of rotatable bonds is 8. The molecule has 0 aliphatic heterocycles. The van der Waals surface area contributed by atoms with Gasteiger partial charge in [-0.2, -0.15) is 0 Å². The van der Waals surface area contributed by atoms with Crippen molar-refractivity contribution < 1.29 is 19.2 Å². The molecule has 7 heteroatoms. The maximum Gasteiger partial charge on any atom is 0.286 e. The minimum Gasteiger partial charge on any atom is -0.493 e. The highest BCUT2D eigenvalue weighted by Gasteiger charge is 2.25. The van der Waals surface area contributed by atoms with Crippen molar-refractivity contribution in [3.05, 3.63) is 63.2 Å². The topological polar surface area (TPSA) is 90.7 Å². The van der Waals surface area contributed by atoms with Crippen molar-refractivity contribution in [1.29, 1.82) is 0 Å². The van der Waals surface area contributed by atoms with Crippen molar-refractivity contribution in [2.24, 2.45) is 0 Å². The quantitative estimate of drug-likeness (QED) is 0.557. The molecule has 7 nitrogen and oxygen atoms in total. The van der Waals surface area contributed by atoms with Crippen molar-refractivity contribution >= 4 is 11.6 Å². The average Bonchev–Trinajstić information content (AvgIpc) is 2.67. The molecular weight excluding hydrogens is 348 g/mol. The number of benzene rings is 2. The van der Waals surface area contributed by atoms with Crippen LogP contribution in [0.1, 0.15) is 48.3 Å². The van der Waals surface area contributed by atoms with E-state index in [1.807, 2.05) is 31.2 Å². The normalized spacial score (nSPS) is 11.6. The van der Waals surface area contributed by atoms with Crippen LogP contribution in [0.4, 0.5) is 5.69 Å². The Bertz CT molecular complexity index is 818. The van der Waals surface area contributed by atoms with Gasteiger partial charge in [0.05, 0.1) is 30.7 Å². The summed E-state index contributed by atoms with van der Waals surface area (Å²) in [7, 11) is 1.42. The van der Waals surface area contributed by atoms with Gasteiger partial charge in [0.15, 0.2) is 11.5 Å². The lowest BCUT2D eigenvalue weighted by Gasteiger charge is -2.16. The van der Waals surface area contributed by atoms with Crippen LogP contribution in [-0.2, 0) is 6.42 Å². The highest BCUT2D eigenvalue weighted by molar-refractivity contribution is 5.99. The summed E-state index contributed by atoms with van der Waals surface area (Å²) in [5.41, 5.74) is 1.72. The number of nitrogens with one attached hydrogen (secondary N) is 1. The molecule has 0 bridgehead atoms. The molecule has 2 aromatic rings. The lowest BCUT2D eigenvalue weighted by Crippen LogP contribution is -2.27.